The number of alkyl halides is 2. The number of hydrogen-bond acceptors (Lipinski definition) is 3. The van der Waals surface area contributed by atoms with Gasteiger partial charge in [-0.2, -0.15) is 0 Å². The van der Waals surface area contributed by atoms with E-state index in [0.717, 1.165) is 12.1 Å². The minimum absolute atomic E-state index is 0.235. The Morgan fingerprint density at radius 3 is 2.29 bits per heavy atom. The van der Waals surface area contributed by atoms with Gasteiger partial charge in [-0.1, -0.05) is 6.07 Å². The molecule has 0 saturated carbocycles. The molecule has 1 heterocycles. The second kappa shape index (κ2) is 4.40. The van der Waals surface area contributed by atoms with Gasteiger partial charge in [0.2, 0.25) is 0 Å². The standard InChI is InChI=1S/C11H8F3N3/c12-9-3-6(1-2-8(9)10(13)14)11-16-4-7(15)5-17-11/h1-5,10H,15H2. The quantitative estimate of drug-likeness (QED) is 0.876. The van der Waals surface area contributed by atoms with E-state index in [2.05, 4.69) is 9.97 Å². The van der Waals surface area contributed by atoms with Crippen LogP contribution < -0.4 is 5.73 Å². The average molecular weight is 239 g/mol. The second-order valence-corrected chi connectivity index (χ2v) is 3.38. The highest BCUT2D eigenvalue weighted by molar-refractivity contribution is 5.56. The van der Waals surface area contributed by atoms with Crippen molar-refractivity contribution in [3.63, 3.8) is 0 Å². The Morgan fingerprint density at radius 2 is 1.76 bits per heavy atom. The Kier molecular flexibility index (Phi) is 2.95. The Morgan fingerprint density at radius 1 is 1.12 bits per heavy atom. The molecule has 0 unspecified atom stereocenters. The average Bonchev–Trinajstić information content (AvgIpc) is 2.29. The Hall–Kier alpha value is -2.11. The van der Waals surface area contributed by atoms with Crippen LogP contribution in [0.3, 0.4) is 0 Å². The molecule has 0 saturated heterocycles. The van der Waals surface area contributed by atoms with Crippen molar-refractivity contribution in [1.82, 2.24) is 9.97 Å². The summed E-state index contributed by atoms with van der Waals surface area (Å²) in [5.74, 6) is -0.739. The smallest absolute Gasteiger partial charge is 0.266 e. The summed E-state index contributed by atoms with van der Waals surface area (Å²) in [4.78, 5) is 7.75. The van der Waals surface area contributed by atoms with Gasteiger partial charge >= 0.3 is 0 Å². The molecule has 2 aromatic rings. The molecule has 0 spiro atoms. The molecule has 6 heteroatoms. The molecule has 88 valence electrons. The summed E-state index contributed by atoms with van der Waals surface area (Å²) in [6.07, 6.45) is -0.112. The zero-order valence-corrected chi connectivity index (χ0v) is 8.57. The van der Waals surface area contributed by atoms with Crippen molar-refractivity contribution in [3.05, 3.63) is 42.0 Å². The summed E-state index contributed by atoms with van der Waals surface area (Å²) >= 11 is 0. The summed E-state index contributed by atoms with van der Waals surface area (Å²) in [5.41, 5.74) is 5.46. The fourth-order valence-corrected chi connectivity index (χ4v) is 1.33. The SMILES string of the molecule is Nc1cnc(-c2ccc(C(F)F)c(F)c2)nc1. The van der Waals surface area contributed by atoms with Crippen LogP contribution in [0.1, 0.15) is 12.0 Å². The number of nitrogens with zero attached hydrogens (tertiary/aromatic N) is 2. The van der Waals surface area contributed by atoms with Crippen molar-refractivity contribution >= 4 is 5.69 Å². The molecule has 0 bridgehead atoms. The van der Waals surface area contributed by atoms with Gasteiger partial charge in [0.05, 0.1) is 23.6 Å². The topological polar surface area (TPSA) is 51.8 Å². The van der Waals surface area contributed by atoms with E-state index in [9.17, 15) is 13.2 Å². The van der Waals surface area contributed by atoms with Gasteiger partial charge in [0.1, 0.15) is 5.82 Å². The van der Waals surface area contributed by atoms with Crippen molar-refractivity contribution in [2.24, 2.45) is 0 Å². The highest BCUT2D eigenvalue weighted by Gasteiger charge is 2.14. The third kappa shape index (κ3) is 2.35. The van der Waals surface area contributed by atoms with Gasteiger partial charge < -0.3 is 5.73 Å². The van der Waals surface area contributed by atoms with Crippen molar-refractivity contribution in [1.29, 1.82) is 0 Å². The summed E-state index contributed by atoms with van der Waals surface area (Å²) in [6.45, 7) is 0. The summed E-state index contributed by atoms with van der Waals surface area (Å²) in [7, 11) is 0. The number of benzene rings is 1. The van der Waals surface area contributed by atoms with Crippen LogP contribution in [-0.4, -0.2) is 9.97 Å². The maximum atomic E-state index is 13.3. The first-order valence-corrected chi connectivity index (χ1v) is 4.73. The Bertz CT molecular complexity index is 526. The second-order valence-electron chi connectivity index (χ2n) is 3.38. The van der Waals surface area contributed by atoms with Crippen LogP contribution in [0.2, 0.25) is 0 Å². The van der Waals surface area contributed by atoms with Crippen molar-refractivity contribution in [3.8, 4) is 11.4 Å². The normalized spacial score (nSPS) is 10.8. The predicted molar refractivity (Wildman–Crippen MR) is 56.8 cm³/mol. The zero-order chi connectivity index (χ0) is 12.4. The molecular weight excluding hydrogens is 231 g/mol. The number of hydrogen-bond donors (Lipinski definition) is 1. The minimum Gasteiger partial charge on any atom is -0.396 e. The molecule has 0 fully saturated rings. The monoisotopic (exact) mass is 239 g/mol. The molecule has 0 atom stereocenters. The fourth-order valence-electron chi connectivity index (χ4n) is 1.33. The van der Waals surface area contributed by atoms with Gasteiger partial charge in [-0.3, -0.25) is 0 Å². The molecule has 0 amide bonds. The predicted octanol–water partition coefficient (Wildman–Crippen LogP) is 2.80. The molecule has 2 rings (SSSR count). The first-order chi connectivity index (χ1) is 8.08. The van der Waals surface area contributed by atoms with Gasteiger partial charge in [0.15, 0.2) is 5.82 Å². The lowest BCUT2D eigenvalue weighted by Crippen LogP contribution is -1.95. The zero-order valence-electron chi connectivity index (χ0n) is 8.57. The van der Waals surface area contributed by atoms with E-state index in [1.807, 2.05) is 0 Å². The van der Waals surface area contributed by atoms with Crippen LogP contribution in [0.4, 0.5) is 18.9 Å². The maximum Gasteiger partial charge on any atom is 0.266 e. The van der Waals surface area contributed by atoms with Gasteiger partial charge in [0.25, 0.3) is 6.43 Å². The largest absolute Gasteiger partial charge is 0.396 e. The Labute approximate surface area is 95.1 Å². The highest BCUT2D eigenvalue weighted by atomic mass is 19.3. The third-order valence-corrected chi connectivity index (χ3v) is 2.17. The highest BCUT2D eigenvalue weighted by Crippen LogP contribution is 2.25. The molecule has 0 aliphatic carbocycles. The maximum absolute atomic E-state index is 13.3. The van der Waals surface area contributed by atoms with Crippen LogP contribution in [-0.2, 0) is 0 Å². The molecular formula is C11H8F3N3. The molecule has 0 radical (unpaired) electrons. The van der Waals surface area contributed by atoms with E-state index in [4.69, 9.17) is 5.73 Å². The van der Waals surface area contributed by atoms with E-state index in [-0.39, 0.29) is 5.82 Å². The first kappa shape index (κ1) is 11.4. The van der Waals surface area contributed by atoms with E-state index < -0.39 is 17.8 Å². The van der Waals surface area contributed by atoms with Crippen LogP contribution in [0.5, 0.6) is 0 Å². The van der Waals surface area contributed by atoms with Crippen molar-refractivity contribution in [2.45, 2.75) is 6.43 Å². The van der Waals surface area contributed by atoms with Gasteiger partial charge in [-0.25, -0.2) is 23.1 Å². The van der Waals surface area contributed by atoms with Gasteiger partial charge in [-0.05, 0) is 12.1 Å². The van der Waals surface area contributed by atoms with E-state index in [1.54, 1.807) is 0 Å². The van der Waals surface area contributed by atoms with Crippen LogP contribution in [0.25, 0.3) is 11.4 Å². The molecule has 0 aliphatic heterocycles. The number of nitrogens with two attached hydrogens (primary N) is 1. The van der Waals surface area contributed by atoms with Gasteiger partial charge in [0, 0.05) is 5.56 Å². The van der Waals surface area contributed by atoms with Crippen molar-refractivity contribution in [2.75, 3.05) is 5.73 Å². The Balaban J connectivity index is 2.41. The van der Waals surface area contributed by atoms with Crippen LogP contribution >= 0.6 is 0 Å². The molecule has 2 N–H and O–H groups in total. The first-order valence-electron chi connectivity index (χ1n) is 4.73. The number of aromatic nitrogens is 2. The van der Waals surface area contributed by atoms with E-state index in [1.165, 1.54) is 18.5 Å². The van der Waals surface area contributed by atoms with E-state index >= 15 is 0 Å². The van der Waals surface area contributed by atoms with E-state index in [0.29, 0.717) is 11.3 Å². The number of halogens is 3. The number of rotatable bonds is 2. The molecule has 1 aromatic carbocycles. The number of nitrogen functional groups attached to an aromatic ring is 1. The molecule has 1 aromatic heterocycles. The van der Waals surface area contributed by atoms with Crippen LogP contribution in [0, 0.1) is 5.82 Å². The summed E-state index contributed by atoms with van der Waals surface area (Å²) in [6, 6.07) is 3.35. The fraction of sp³-hybridized carbons (Fsp3) is 0.0909. The van der Waals surface area contributed by atoms with Gasteiger partial charge in [-0.15, -0.1) is 0 Å². The molecule has 17 heavy (non-hydrogen) atoms. The summed E-state index contributed by atoms with van der Waals surface area (Å²) in [5, 5.41) is 0. The minimum atomic E-state index is -2.84. The lowest BCUT2D eigenvalue weighted by atomic mass is 10.1. The van der Waals surface area contributed by atoms with Crippen LogP contribution in [0.15, 0.2) is 30.6 Å². The summed E-state index contributed by atoms with van der Waals surface area (Å²) < 4.78 is 38.0. The lowest BCUT2D eigenvalue weighted by Gasteiger charge is -2.04. The third-order valence-electron chi connectivity index (χ3n) is 2.17. The lowest BCUT2D eigenvalue weighted by molar-refractivity contribution is 0.146. The molecule has 0 aliphatic rings. The molecule has 3 nitrogen and oxygen atoms in total. The number of anilines is 1. The van der Waals surface area contributed by atoms with Crippen molar-refractivity contribution < 1.29 is 13.2 Å².